The molecule has 0 saturated carbocycles. The van der Waals surface area contributed by atoms with Gasteiger partial charge in [0.25, 0.3) is 0 Å². The smallest absolute Gasteiger partial charge is 0.145 e. The van der Waals surface area contributed by atoms with E-state index in [0.29, 0.717) is 36.1 Å². The van der Waals surface area contributed by atoms with Crippen molar-refractivity contribution in [3.63, 3.8) is 0 Å². The third-order valence-corrected chi connectivity index (χ3v) is 3.68. The number of rotatable bonds is 6. The maximum Gasteiger partial charge on any atom is 0.145 e. The lowest BCUT2D eigenvalue weighted by atomic mass is 10.2. The van der Waals surface area contributed by atoms with E-state index in [1.807, 2.05) is 60.7 Å². The van der Waals surface area contributed by atoms with Crippen LogP contribution in [-0.2, 0) is 13.2 Å². The monoisotopic (exact) mass is 320 g/mol. The fraction of sp³-hybridized carbons (Fsp3) is 0.100. The van der Waals surface area contributed by atoms with E-state index in [9.17, 15) is 0 Å². The van der Waals surface area contributed by atoms with Crippen LogP contribution in [0, 0.1) is 0 Å². The SMILES string of the molecule is Nc1c(OCc2ccccc2)ccc(OCc2ccccc2)c1N. The van der Waals surface area contributed by atoms with Crippen LogP contribution in [0.4, 0.5) is 11.4 Å². The van der Waals surface area contributed by atoms with Gasteiger partial charge in [-0.2, -0.15) is 0 Å². The molecule has 24 heavy (non-hydrogen) atoms. The summed E-state index contributed by atoms with van der Waals surface area (Å²) in [4.78, 5) is 0. The van der Waals surface area contributed by atoms with Crippen LogP contribution >= 0.6 is 0 Å². The van der Waals surface area contributed by atoms with E-state index in [-0.39, 0.29) is 0 Å². The Hall–Kier alpha value is -3.14. The molecule has 0 heterocycles. The molecule has 0 spiro atoms. The van der Waals surface area contributed by atoms with Gasteiger partial charge >= 0.3 is 0 Å². The molecule has 122 valence electrons. The average Bonchev–Trinajstić information content (AvgIpc) is 2.64. The van der Waals surface area contributed by atoms with Gasteiger partial charge in [-0.25, -0.2) is 0 Å². The summed E-state index contributed by atoms with van der Waals surface area (Å²) < 4.78 is 11.5. The van der Waals surface area contributed by atoms with Crippen molar-refractivity contribution >= 4 is 11.4 Å². The third-order valence-electron chi connectivity index (χ3n) is 3.68. The van der Waals surface area contributed by atoms with E-state index in [0.717, 1.165) is 11.1 Å². The zero-order valence-corrected chi connectivity index (χ0v) is 13.3. The topological polar surface area (TPSA) is 70.5 Å². The van der Waals surface area contributed by atoms with Crippen LogP contribution < -0.4 is 20.9 Å². The van der Waals surface area contributed by atoms with Crippen molar-refractivity contribution in [3.05, 3.63) is 83.9 Å². The van der Waals surface area contributed by atoms with Crippen molar-refractivity contribution in [2.45, 2.75) is 13.2 Å². The molecule has 3 aromatic carbocycles. The molecular formula is C20H20N2O2. The first-order chi connectivity index (χ1) is 11.7. The fourth-order valence-corrected chi connectivity index (χ4v) is 2.32. The second kappa shape index (κ2) is 7.42. The van der Waals surface area contributed by atoms with Crippen molar-refractivity contribution < 1.29 is 9.47 Å². The largest absolute Gasteiger partial charge is 0.487 e. The van der Waals surface area contributed by atoms with E-state index >= 15 is 0 Å². The zero-order chi connectivity index (χ0) is 16.8. The molecular weight excluding hydrogens is 300 g/mol. The number of benzene rings is 3. The van der Waals surface area contributed by atoms with Crippen LogP contribution in [0.2, 0.25) is 0 Å². The summed E-state index contributed by atoms with van der Waals surface area (Å²) >= 11 is 0. The minimum Gasteiger partial charge on any atom is -0.487 e. The maximum atomic E-state index is 6.09. The highest BCUT2D eigenvalue weighted by molar-refractivity contribution is 5.76. The Labute approximate surface area is 141 Å². The van der Waals surface area contributed by atoms with Gasteiger partial charge in [0.05, 0.1) is 0 Å². The lowest BCUT2D eigenvalue weighted by Crippen LogP contribution is -2.04. The van der Waals surface area contributed by atoms with Crippen LogP contribution in [0.25, 0.3) is 0 Å². The summed E-state index contributed by atoms with van der Waals surface area (Å²) in [6, 6.07) is 23.4. The number of nitrogen functional groups attached to an aromatic ring is 2. The molecule has 3 aromatic rings. The minimum atomic E-state index is 0.400. The van der Waals surface area contributed by atoms with Crippen molar-refractivity contribution in [2.24, 2.45) is 0 Å². The van der Waals surface area contributed by atoms with Gasteiger partial charge in [-0.15, -0.1) is 0 Å². The first-order valence-electron chi connectivity index (χ1n) is 7.75. The quantitative estimate of drug-likeness (QED) is 0.673. The second-order valence-electron chi connectivity index (χ2n) is 5.44. The van der Waals surface area contributed by atoms with Crippen molar-refractivity contribution in [1.29, 1.82) is 0 Å². The van der Waals surface area contributed by atoms with Gasteiger partial charge in [0.2, 0.25) is 0 Å². The lowest BCUT2D eigenvalue weighted by molar-refractivity contribution is 0.300. The minimum absolute atomic E-state index is 0.400. The molecule has 0 amide bonds. The molecule has 4 heteroatoms. The van der Waals surface area contributed by atoms with Crippen LogP contribution in [0.15, 0.2) is 72.8 Å². The Bertz CT molecular complexity index is 721. The van der Waals surface area contributed by atoms with Gasteiger partial charge in [-0.3, -0.25) is 0 Å². The molecule has 0 radical (unpaired) electrons. The summed E-state index contributed by atoms with van der Waals surface area (Å²) in [6.45, 7) is 0.878. The number of ether oxygens (including phenoxy) is 2. The summed E-state index contributed by atoms with van der Waals surface area (Å²) in [5, 5.41) is 0. The number of hydrogen-bond acceptors (Lipinski definition) is 4. The van der Waals surface area contributed by atoms with Gasteiger partial charge in [-0.05, 0) is 23.3 Å². The molecule has 4 N–H and O–H groups in total. The summed E-state index contributed by atoms with van der Waals surface area (Å²) in [5.74, 6) is 1.12. The molecule has 4 nitrogen and oxygen atoms in total. The highest BCUT2D eigenvalue weighted by atomic mass is 16.5. The van der Waals surface area contributed by atoms with Crippen LogP contribution in [-0.4, -0.2) is 0 Å². The summed E-state index contributed by atoms with van der Waals surface area (Å²) in [7, 11) is 0. The lowest BCUT2D eigenvalue weighted by Gasteiger charge is -2.14. The van der Waals surface area contributed by atoms with E-state index in [1.165, 1.54) is 0 Å². The first-order valence-corrected chi connectivity index (χ1v) is 7.75. The molecule has 0 aliphatic carbocycles. The predicted molar refractivity (Wildman–Crippen MR) is 96.8 cm³/mol. The molecule has 0 fully saturated rings. The number of hydrogen-bond donors (Lipinski definition) is 2. The Morgan fingerprint density at radius 1 is 0.542 bits per heavy atom. The van der Waals surface area contributed by atoms with Crippen LogP contribution in [0.5, 0.6) is 11.5 Å². The fourth-order valence-electron chi connectivity index (χ4n) is 2.32. The number of anilines is 2. The van der Waals surface area contributed by atoms with E-state index < -0.39 is 0 Å². The van der Waals surface area contributed by atoms with Crippen molar-refractivity contribution in [3.8, 4) is 11.5 Å². The van der Waals surface area contributed by atoms with Crippen molar-refractivity contribution in [2.75, 3.05) is 11.5 Å². The normalized spacial score (nSPS) is 10.3. The van der Waals surface area contributed by atoms with E-state index in [1.54, 1.807) is 12.1 Å². The summed E-state index contributed by atoms with van der Waals surface area (Å²) in [6.07, 6.45) is 0. The van der Waals surface area contributed by atoms with Gasteiger partial charge in [-0.1, -0.05) is 60.7 Å². The van der Waals surface area contributed by atoms with Gasteiger partial charge in [0.1, 0.15) is 36.1 Å². The van der Waals surface area contributed by atoms with Gasteiger partial charge in [0, 0.05) is 0 Å². The average molecular weight is 320 g/mol. The Morgan fingerprint density at radius 3 is 1.29 bits per heavy atom. The number of nitrogens with two attached hydrogens (primary N) is 2. The third kappa shape index (κ3) is 3.79. The van der Waals surface area contributed by atoms with Crippen LogP contribution in [0.3, 0.4) is 0 Å². The summed E-state index contributed by atoms with van der Waals surface area (Å²) in [5.41, 5.74) is 15.1. The Morgan fingerprint density at radius 2 is 0.917 bits per heavy atom. The molecule has 0 aliphatic rings. The Balaban J connectivity index is 1.67. The maximum absolute atomic E-state index is 6.09. The molecule has 0 atom stereocenters. The zero-order valence-electron chi connectivity index (χ0n) is 13.3. The molecule has 3 rings (SSSR count). The standard InChI is InChI=1S/C20H20N2O2/c21-19-17(23-13-15-7-3-1-4-8-15)11-12-18(20(19)22)24-14-16-9-5-2-6-10-16/h1-12H,13-14,21-22H2. The highest BCUT2D eigenvalue weighted by Crippen LogP contribution is 2.36. The van der Waals surface area contributed by atoms with Crippen LogP contribution in [0.1, 0.15) is 11.1 Å². The molecule has 0 saturated heterocycles. The molecule has 0 bridgehead atoms. The Kier molecular flexibility index (Phi) is 4.87. The highest BCUT2D eigenvalue weighted by Gasteiger charge is 2.10. The predicted octanol–water partition coefficient (Wildman–Crippen LogP) is 4.01. The molecule has 0 aliphatic heterocycles. The molecule has 0 unspecified atom stereocenters. The molecule has 0 aromatic heterocycles. The van der Waals surface area contributed by atoms with Crippen molar-refractivity contribution in [1.82, 2.24) is 0 Å². The van der Waals surface area contributed by atoms with E-state index in [2.05, 4.69) is 0 Å². The van der Waals surface area contributed by atoms with E-state index in [4.69, 9.17) is 20.9 Å². The first kappa shape index (κ1) is 15.7. The van der Waals surface area contributed by atoms with Gasteiger partial charge < -0.3 is 20.9 Å². The second-order valence-corrected chi connectivity index (χ2v) is 5.44. The van der Waals surface area contributed by atoms with Gasteiger partial charge in [0.15, 0.2) is 0 Å².